The third kappa shape index (κ3) is 3.26. The number of nitrogens with zero attached hydrogens (tertiary/aromatic N) is 1. The predicted molar refractivity (Wildman–Crippen MR) is 96.3 cm³/mol. The molecule has 6 heteroatoms. The summed E-state index contributed by atoms with van der Waals surface area (Å²) in [7, 11) is 0. The molecule has 3 aromatic rings. The van der Waals surface area contributed by atoms with Gasteiger partial charge in [-0.3, -0.25) is 4.79 Å². The zero-order valence-electron chi connectivity index (χ0n) is 14.5. The summed E-state index contributed by atoms with van der Waals surface area (Å²) in [5, 5.41) is 6.88. The van der Waals surface area contributed by atoms with E-state index in [0.29, 0.717) is 23.0 Å². The zero-order valence-corrected chi connectivity index (χ0v) is 14.5. The molecular weight excluding hydrogens is 332 g/mol. The fraction of sp³-hybridized carbons (Fsp3) is 0.200. The quantitative estimate of drug-likeness (QED) is 0.773. The second-order valence-electron chi connectivity index (χ2n) is 6.27. The summed E-state index contributed by atoms with van der Waals surface area (Å²) in [4.78, 5) is 12.2. The summed E-state index contributed by atoms with van der Waals surface area (Å²) in [5.74, 6) is 1.82. The van der Waals surface area contributed by atoms with E-state index in [2.05, 4.69) is 10.5 Å². The van der Waals surface area contributed by atoms with Gasteiger partial charge in [-0.15, -0.1) is 0 Å². The first-order valence-electron chi connectivity index (χ1n) is 8.31. The number of fused-ring (bicyclic) bond motifs is 1. The second-order valence-corrected chi connectivity index (χ2v) is 6.27. The van der Waals surface area contributed by atoms with Crippen molar-refractivity contribution in [3.05, 3.63) is 59.3 Å². The van der Waals surface area contributed by atoms with E-state index in [4.69, 9.17) is 14.0 Å². The van der Waals surface area contributed by atoms with Crippen molar-refractivity contribution >= 4 is 11.6 Å². The number of carbonyl (C=O) groups excluding carboxylic acids is 1. The molecule has 0 aliphatic carbocycles. The van der Waals surface area contributed by atoms with Crippen molar-refractivity contribution in [1.82, 2.24) is 5.16 Å². The van der Waals surface area contributed by atoms with Crippen molar-refractivity contribution in [2.24, 2.45) is 0 Å². The third-order valence-electron chi connectivity index (χ3n) is 4.35. The molecule has 0 bridgehead atoms. The number of ether oxygens (including phenoxy) is 2. The number of aromatic nitrogens is 1. The van der Waals surface area contributed by atoms with Gasteiger partial charge in [0.05, 0.1) is 12.1 Å². The van der Waals surface area contributed by atoms with Crippen LogP contribution in [0, 0.1) is 13.8 Å². The van der Waals surface area contributed by atoms with E-state index in [1.165, 1.54) is 5.56 Å². The minimum absolute atomic E-state index is 0.140. The van der Waals surface area contributed by atoms with Crippen LogP contribution in [0.15, 0.2) is 47.0 Å². The van der Waals surface area contributed by atoms with Crippen LogP contribution in [-0.4, -0.2) is 17.9 Å². The molecule has 0 atom stereocenters. The number of anilines is 1. The number of nitrogens with one attached hydrogen (secondary N) is 1. The highest BCUT2D eigenvalue weighted by atomic mass is 16.7. The summed E-state index contributed by atoms with van der Waals surface area (Å²) < 4.78 is 16.0. The van der Waals surface area contributed by atoms with Crippen molar-refractivity contribution in [2.45, 2.75) is 20.3 Å². The van der Waals surface area contributed by atoms with Gasteiger partial charge in [0.2, 0.25) is 12.7 Å². The molecule has 1 N–H and O–H groups in total. The molecule has 0 spiro atoms. The van der Waals surface area contributed by atoms with Crippen LogP contribution in [0.1, 0.15) is 16.8 Å². The Kier molecular flexibility index (Phi) is 4.08. The Labute approximate surface area is 150 Å². The Morgan fingerprint density at radius 3 is 2.73 bits per heavy atom. The lowest BCUT2D eigenvalue weighted by Crippen LogP contribution is -2.14. The van der Waals surface area contributed by atoms with Crippen molar-refractivity contribution in [2.75, 3.05) is 12.1 Å². The normalized spacial score (nSPS) is 12.2. The van der Waals surface area contributed by atoms with Crippen LogP contribution in [0.2, 0.25) is 0 Å². The zero-order chi connectivity index (χ0) is 18.1. The average molecular weight is 350 g/mol. The minimum Gasteiger partial charge on any atom is -0.454 e. The van der Waals surface area contributed by atoms with Gasteiger partial charge in [-0.25, -0.2) is 0 Å². The number of carbonyl (C=O) groups is 1. The summed E-state index contributed by atoms with van der Waals surface area (Å²) >= 11 is 0. The minimum atomic E-state index is -0.140. The first-order chi connectivity index (χ1) is 12.6. The summed E-state index contributed by atoms with van der Waals surface area (Å²) in [6.45, 7) is 4.27. The molecule has 0 radical (unpaired) electrons. The topological polar surface area (TPSA) is 73.6 Å². The van der Waals surface area contributed by atoms with Crippen LogP contribution in [0.25, 0.3) is 11.3 Å². The molecule has 4 rings (SSSR count). The van der Waals surface area contributed by atoms with Crippen LogP contribution < -0.4 is 14.8 Å². The second kappa shape index (κ2) is 6.55. The van der Waals surface area contributed by atoms with Crippen LogP contribution >= 0.6 is 0 Å². The molecule has 1 aromatic heterocycles. The lowest BCUT2D eigenvalue weighted by Gasteiger charge is -2.06. The first kappa shape index (κ1) is 16.2. The molecule has 6 nitrogen and oxygen atoms in total. The van der Waals surface area contributed by atoms with Gasteiger partial charge in [0.25, 0.3) is 0 Å². The monoisotopic (exact) mass is 350 g/mol. The van der Waals surface area contributed by atoms with E-state index >= 15 is 0 Å². The van der Waals surface area contributed by atoms with E-state index in [1.807, 2.05) is 50.2 Å². The molecule has 132 valence electrons. The third-order valence-corrected chi connectivity index (χ3v) is 4.35. The summed E-state index contributed by atoms with van der Waals surface area (Å²) in [5.41, 5.74) is 4.49. The molecule has 1 amide bonds. The smallest absolute Gasteiger partial charge is 0.231 e. The molecule has 0 fully saturated rings. The van der Waals surface area contributed by atoms with Gasteiger partial charge < -0.3 is 19.3 Å². The average Bonchev–Trinajstić information content (AvgIpc) is 3.26. The highest BCUT2D eigenvalue weighted by Gasteiger charge is 2.16. The number of aryl methyl sites for hydroxylation is 2. The lowest BCUT2D eigenvalue weighted by atomic mass is 10.1. The molecule has 26 heavy (non-hydrogen) atoms. The Morgan fingerprint density at radius 2 is 1.88 bits per heavy atom. The molecule has 2 heterocycles. The Hall–Kier alpha value is -3.28. The van der Waals surface area contributed by atoms with Gasteiger partial charge in [0.15, 0.2) is 17.3 Å². The Balaban J connectivity index is 1.44. The molecule has 2 aromatic carbocycles. The van der Waals surface area contributed by atoms with Crippen molar-refractivity contribution in [3.63, 3.8) is 0 Å². The first-order valence-corrected chi connectivity index (χ1v) is 8.31. The Morgan fingerprint density at radius 1 is 1.04 bits per heavy atom. The van der Waals surface area contributed by atoms with Gasteiger partial charge >= 0.3 is 0 Å². The molecule has 1 aliphatic heterocycles. The van der Waals surface area contributed by atoms with E-state index in [9.17, 15) is 4.79 Å². The summed E-state index contributed by atoms with van der Waals surface area (Å²) in [6.07, 6.45) is 0.140. The van der Waals surface area contributed by atoms with Crippen LogP contribution in [0.3, 0.4) is 0 Å². The number of hydrogen-bond acceptors (Lipinski definition) is 5. The van der Waals surface area contributed by atoms with Gasteiger partial charge in [0.1, 0.15) is 0 Å². The maximum Gasteiger partial charge on any atom is 0.231 e. The van der Waals surface area contributed by atoms with E-state index in [1.54, 1.807) is 6.07 Å². The summed E-state index contributed by atoms with van der Waals surface area (Å²) in [6, 6.07) is 13.1. The molecular formula is C20H18N2O4. The standard InChI is InChI=1S/C20H18N2O4/c1-12-3-5-15(7-13(12)2)21-20(23)10-16-9-18(26-22-16)14-4-6-17-19(8-14)25-11-24-17/h3-9H,10-11H2,1-2H3,(H,21,23). The van der Waals surface area contributed by atoms with Crippen LogP contribution in [-0.2, 0) is 11.2 Å². The van der Waals surface area contributed by atoms with Gasteiger partial charge in [0, 0.05) is 17.3 Å². The van der Waals surface area contributed by atoms with Crippen molar-refractivity contribution in [1.29, 1.82) is 0 Å². The number of benzene rings is 2. The molecule has 0 unspecified atom stereocenters. The predicted octanol–water partition coefficient (Wildman–Crippen LogP) is 3.87. The molecule has 1 aliphatic rings. The number of rotatable bonds is 4. The van der Waals surface area contributed by atoms with Gasteiger partial charge in [-0.1, -0.05) is 11.2 Å². The van der Waals surface area contributed by atoms with Crippen molar-refractivity contribution < 1.29 is 18.8 Å². The fourth-order valence-electron chi connectivity index (χ4n) is 2.77. The maximum absolute atomic E-state index is 12.2. The largest absolute Gasteiger partial charge is 0.454 e. The number of amides is 1. The fourth-order valence-corrected chi connectivity index (χ4v) is 2.77. The Bertz CT molecular complexity index is 978. The van der Waals surface area contributed by atoms with Gasteiger partial charge in [-0.05, 0) is 55.3 Å². The molecule has 0 saturated carbocycles. The van der Waals surface area contributed by atoms with Crippen molar-refractivity contribution in [3.8, 4) is 22.8 Å². The highest BCUT2D eigenvalue weighted by Crippen LogP contribution is 2.36. The lowest BCUT2D eigenvalue weighted by molar-refractivity contribution is -0.115. The number of hydrogen-bond donors (Lipinski definition) is 1. The van der Waals surface area contributed by atoms with E-state index in [-0.39, 0.29) is 19.1 Å². The molecule has 0 saturated heterocycles. The van der Waals surface area contributed by atoms with Gasteiger partial charge in [-0.2, -0.15) is 0 Å². The van der Waals surface area contributed by atoms with Crippen LogP contribution in [0.5, 0.6) is 11.5 Å². The van der Waals surface area contributed by atoms with E-state index in [0.717, 1.165) is 16.8 Å². The highest BCUT2D eigenvalue weighted by molar-refractivity contribution is 5.92. The van der Waals surface area contributed by atoms with Crippen LogP contribution in [0.4, 0.5) is 5.69 Å². The van der Waals surface area contributed by atoms with E-state index < -0.39 is 0 Å². The SMILES string of the molecule is Cc1ccc(NC(=O)Cc2cc(-c3ccc4c(c3)OCO4)on2)cc1C. The maximum atomic E-state index is 12.2.